The van der Waals surface area contributed by atoms with Crippen LogP contribution in [0.1, 0.15) is 45.4 Å². The van der Waals surface area contributed by atoms with Gasteiger partial charge in [0.15, 0.2) is 0 Å². The van der Waals surface area contributed by atoms with Crippen LogP contribution in [0.5, 0.6) is 0 Å². The smallest absolute Gasteiger partial charge is 0.252 e. The van der Waals surface area contributed by atoms with Gasteiger partial charge >= 0.3 is 0 Å². The third-order valence-electron chi connectivity index (χ3n) is 2.62. The summed E-state index contributed by atoms with van der Waals surface area (Å²) >= 11 is 0. The maximum absolute atomic E-state index is 11.4. The van der Waals surface area contributed by atoms with Gasteiger partial charge < -0.3 is 0 Å². The highest BCUT2D eigenvalue weighted by Gasteiger charge is 2.15. The topological polar surface area (TPSA) is 37.4 Å². The van der Waals surface area contributed by atoms with Crippen molar-refractivity contribution in [3.63, 3.8) is 0 Å². The molecule has 0 aliphatic carbocycles. The molecule has 0 radical (unpaired) electrons. The average molecular weight is 237 g/mol. The van der Waals surface area contributed by atoms with Crippen LogP contribution in [0.4, 0.5) is 0 Å². The Morgan fingerprint density at radius 3 is 1.88 bits per heavy atom. The van der Waals surface area contributed by atoms with Crippen molar-refractivity contribution in [1.82, 2.24) is 4.90 Å². The van der Waals surface area contributed by atoms with Crippen LogP contribution < -0.4 is 0 Å². The zero-order valence-corrected chi connectivity index (χ0v) is 10.8. The number of amides is 2. The highest BCUT2D eigenvalue weighted by Crippen LogP contribution is 2.06. The van der Waals surface area contributed by atoms with Crippen molar-refractivity contribution in [3.8, 4) is 0 Å². The Morgan fingerprint density at radius 1 is 0.941 bits per heavy atom. The van der Waals surface area contributed by atoms with Gasteiger partial charge in [0.2, 0.25) is 0 Å². The van der Waals surface area contributed by atoms with Gasteiger partial charge in [0, 0.05) is 6.54 Å². The Labute approximate surface area is 104 Å². The fourth-order valence-electron chi connectivity index (χ4n) is 1.60. The van der Waals surface area contributed by atoms with Gasteiger partial charge in [-0.3, -0.25) is 14.5 Å². The molecule has 0 aliphatic rings. The summed E-state index contributed by atoms with van der Waals surface area (Å²) in [6.45, 7) is 9.41. The zero-order chi connectivity index (χ0) is 13.1. The van der Waals surface area contributed by atoms with Crippen LogP contribution in [-0.4, -0.2) is 23.3 Å². The molecule has 0 aliphatic heterocycles. The molecule has 2 amide bonds. The third kappa shape index (κ3) is 6.72. The fraction of sp³-hybridized carbons (Fsp3) is 0.571. The van der Waals surface area contributed by atoms with E-state index in [2.05, 4.69) is 20.1 Å². The lowest BCUT2D eigenvalue weighted by Crippen LogP contribution is -2.35. The predicted molar refractivity (Wildman–Crippen MR) is 70.5 cm³/mol. The second-order valence-electron chi connectivity index (χ2n) is 4.00. The van der Waals surface area contributed by atoms with E-state index in [1.165, 1.54) is 36.3 Å². The van der Waals surface area contributed by atoms with Gasteiger partial charge in [-0.05, 0) is 18.6 Å². The third-order valence-corrected chi connectivity index (χ3v) is 2.62. The number of imide groups is 1. The maximum atomic E-state index is 11.4. The molecule has 0 atom stereocenters. The molecule has 0 heterocycles. The Balaban J connectivity index is 3.93. The van der Waals surface area contributed by atoms with Gasteiger partial charge in [0.1, 0.15) is 0 Å². The largest absolute Gasteiger partial charge is 0.275 e. The molecular formula is C14H23NO2. The lowest BCUT2D eigenvalue weighted by Gasteiger charge is -2.17. The minimum absolute atomic E-state index is 0.344. The minimum Gasteiger partial charge on any atom is -0.275 e. The highest BCUT2D eigenvalue weighted by atomic mass is 16.2. The van der Waals surface area contributed by atoms with Crippen LogP contribution in [0.15, 0.2) is 25.3 Å². The molecule has 0 saturated carbocycles. The van der Waals surface area contributed by atoms with Crippen LogP contribution >= 0.6 is 0 Å². The summed E-state index contributed by atoms with van der Waals surface area (Å²) in [7, 11) is 0. The molecule has 0 bridgehead atoms. The molecule has 0 spiro atoms. The van der Waals surface area contributed by atoms with E-state index in [4.69, 9.17) is 0 Å². The molecule has 17 heavy (non-hydrogen) atoms. The van der Waals surface area contributed by atoms with Crippen molar-refractivity contribution in [2.24, 2.45) is 0 Å². The fourth-order valence-corrected chi connectivity index (χ4v) is 1.60. The lowest BCUT2D eigenvalue weighted by atomic mass is 10.1. The number of nitrogens with zero attached hydrogens (tertiary/aromatic N) is 1. The number of unbranched alkanes of at least 4 members (excludes halogenated alkanes) is 5. The molecule has 0 fully saturated rings. The molecule has 0 rings (SSSR count). The zero-order valence-electron chi connectivity index (χ0n) is 10.8. The first-order valence-corrected chi connectivity index (χ1v) is 6.27. The number of carbonyl (C=O) groups is 2. The number of rotatable bonds is 9. The van der Waals surface area contributed by atoms with E-state index >= 15 is 0 Å². The van der Waals surface area contributed by atoms with Crippen LogP contribution in [0.3, 0.4) is 0 Å². The van der Waals surface area contributed by atoms with E-state index in [-0.39, 0.29) is 11.8 Å². The summed E-state index contributed by atoms with van der Waals surface area (Å²) in [4.78, 5) is 24.0. The summed E-state index contributed by atoms with van der Waals surface area (Å²) in [5, 5.41) is 0. The summed E-state index contributed by atoms with van der Waals surface area (Å²) in [6.07, 6.45) is 9.08. The Kier molecular flexibility index (Phi) is 9.02. The summed E-state index contributed by atoms with van der Waals surface area (Å²) in [5.41, 5.74) is 0. The van der Waals surface area contributed by atoms with Crippen molar-refractivity contribution in [2.45, 2.75) is 45.4 Å². The molecule has 96 valence electrons. The normalized spacial score (nSPS) is 9.71. The first-order valence-electron chi connectivity index (χ1n) is 6.27. The molecule has 3 heteroatoms. The summed E-state index contributed by atoms with van der Waals surface area (Å²) in [6, 6.07) is 0. The second-order valence-corrected chi connectivity index (χ2v) is 4.00. The summed E-state index contributed by atoms with van der Waals surface area (Å²) in [5.74, 6) is -0.688. The van der Waals surface area contributed by atoms with Crippen LogP contribution in [-0.2, 0) is 9.59 Å². The Morgan fingerprint density at radius 2 is 1.41 bits per heavy atom. The molecule has 3 nitrogen and oxygen atoms in total. The summed E-state index contributed by atoms with van der Waals surface area (Å²) < 4.78 is 0. The average Bonchev–Trinajstić information content (AvgIpc) is 2.36. The molecule has 0 N–H and O–H groups in total. The van der Waals surface area contributed by atoms with E-state index < -0.39 is 0 Å². The molecule has 0 saturated heterocycles. The molecule has 0 aromatic carbocycles. The van der Waals surface area contributed by atoms with Crippen molar-refractivity contribution in [1.29, 1.82) is 0 Å². The maximum Gasteiger partial charge on any atom is 0.252 e. The SMILES string of the molecule is C=CC(=O)N(CCCCCCCC)C(=O)C=C. The van der Waals surface area contributed by atoms with Gasteiger partial charge in [-0.25, -0.2) is 0 Å². The van der Waals surface area contributed by atoms with Crippen LogP contribution in [0.2, 0.25) is 0 Å². The first kappa shape index (κ1) is 15.6. The Hall–Kier alpha value is -1.38. The molecule has 0 aromatic heterocycles. The Bertz CT molecular complexity index is 251. The van der Waals surface area contributed by atoms with Gasteiger partial charge in [0.25, 0.3) is 11.8 Å². The number of hydrogen-bond donors (Lipinski definition) is 0. The van der Waals surface area contributed by atoms with Crippen LogP contribution in [0, 0.1) is 0 Å². The minimum atomic E-state index is -0.344. The second kappa shape index (κ2) is 9.82. The van der Waals surface area contributed by atoms with E-state index in [0.29, 0.717) is 6.54 Å². The van der Waals surface area contributed by atoms with Crippen LogP contribution in [0.25, 0.3) is 0 Å². The quantitative estimate of drug-likeness (QED) is 0.456. The van der Waals surface area contributed by atoms with Crippen molar-refractivity contribution in [3.05, 3.63) is 25.3 Å². The van der Waals surface area contributed by atoms with Gasteiger partial charge in [-0.1, -0.05) is 52.2 Å². The van der Waals surface area contributed by atoms with Gasteiger partial charge in [-0.15, -0.1) is 0 Å². The number of carbonyl (C=O) groups excluding carboxylic acids is 2. The molecule has 0 aromatic rings. The van der Waals surface area contributed by atoms with Crippen molar-refractivity contribution >= 4 is 11.8 Å². The monoisotopic (exact) mass is 237 g/mol. The van der Waals surface area contributed by atoms with E-state index in [0.717, 1.165) is 19.3 Å². The van der Waals surface area contributed by atoms with E-state index in [1.807, 2.05) is 0 Å². The molecular weight excluding hydrogens is 214 g/mol. The van der Waals surface area contributed by atoms with E-state index in [1.54, 1.807) is 0 Å². The highest BCUT2D eigenvalue weighted by molar-refractivity contribution is 6.04. The lowest BCUT2D eigenvalue weighted by molar-refractivity contribution is -0.138. The van der Waals surface area contributed by atoms with Gasteiger partial charge in [-0.2, -0.15) is 0 Å². The van der Waals surface area contributed by atoms with E-state index in [9.17, 15) is 9.59 Å². The molecule has 0 unspecified atom stereocenters. The number of hydrogen-bond acceptors (Lipinski definition) is 2. The standard InChI is InChI=1S/C14H23NO2/c1-4-7-8-9-10-11-12-15(13(16)5-2)14(17)6-3/h5-6H,2-4,7-12H2,1H3. The first-order chi connectivity index (χ1) is 8.17. The predicted octanol–water partition coefficient (Wildman–Crippen LogP) is 3.07. The van der Waals surface area contributed by atoms with Crippen molar-refractivity contribution < 1.29 is 9.59 Å². The van der Waals surface area contributed by atoms with Crippen molar-refractivity contribution in [2.75, 3.05) is 6.54 Å². The van der Waals surface area contributed by atoms with Gasteiger partial charge in [0.05, 0.1) is 0 Å².